The van der Waals surface area contributed by atoms with E-state index in [0.29, 0.717) is 17.1 Å². The molecular formula is C25H27F3N6O2. The second-order valence-electron chi connectivity index (χ2n) is 9.13. The molecule has 0 bridgehead atoms. The molecule has 1 aromatic carbocycles. The summed E-state index contributed by atoms with van der Waals surface area (Å²) in [6.07, 6.45) is 3.94. The predicted octanol–water partition coefficient (Wildman–Crippen LogP) is 4.57. The molecule has 0 aliphatic heterocycles. The Balaban J connectivity index is 1.49. The Kier molecular flexibility index (Phi) is 7.27. The summed E-state index contributed by atoms with van der Waals surface area (Å²) >= 11 is 0. The number of aryl methyl sites for hydroxylation is 2. The first kappa shape index (κ1) is 25.2. The van der Waals surface area contributed by atoms with Crippen LogP contribution < -0.4 is 16.0 Å². The van der Waals surface area contributed by atoms with Crippen LogP contribution in [0, 0.1) is 18.7 Å². The van der Waals surface area contributed by atoms with Gasteiger partial charge in [0.25, 0.3) is 5.91 Å². The van der Waals surface area contributed by atoms with E-state index in [1.54, 1.807) is 38.4 Å². The van der Waals surface area contributed by atoms with Crippen molar-refractivity contribution in [3.05, 3.63) is 66.0 Å². The van der Waals surface area contributed by atoms with E-state index in [2.05, 4.69) is 26.0 Å². The summed E-state index contributed by atoms with van der Waals surface area (Å²) in [6, 6.07) is 6.86. The van der Waals surface area contributed by atoms with Crippen LogP contribution in [0.4, 0.5) is 30.2 Å². The van der Waals surface area contributed by atoms with Gasteiger partial charge in [-0.2, -0.15) is 5.10 Å². The van der Waals surface area contributed by atoms with Crippen molar-refractivity contribution in [2.24, 2.45) is 13.0 Å². The fourth-order valence-corrected chi connectivity index (χ4v) is 4.30. The topological polar surface area (TPSA) is 101 Å². The summed E-state index contributed by atoms with van der Waals surface area (Å²) in [7, 11) is 1.69. The van der Waals surface area contributed by atoms with Crippen LogP contribution in [0.2, 0.25) is 0 Å². The van der Waals surface area contributed by atoms with Gasteiger partial charge < -0.3 is 16.0 Å². The van der Waals surface area contributed by atoms with E-state index in [4.69, 9.17) is 0 Å². The van der Waals surface area contributed by atoms with Gasteiger partial charge in [-0.15, -0.1) is 0 Å². The molecule has 190 valence electrons. The zero-order valence-corrected chi connectivity index (χ0v) is 19.9. The quantitative estimate of drug-likeness (QED) is 0.421. The molecule has 2 amide bonds. The number of nitrogens with zero attached hydrogens (tertiary/aromatic N) is 3. The summed E-state index contributed by atoms with van der Waals surface area (Å²) in [6.45, 7) is 1.73. The lowest BCUT2D eigenvalue weighted by molar-refractivity contribution is -0.118. The van der Waals surface area contributed by atoms with Gasteiger partial charge in [0, 0.05) is 43.0 Å². The van der Waals surface area contributed by atoms with Gasteiger partial charge in [0.05, 0.1) is 23.8 Å². The maximum atomic E-state index is 14.1. The van der Waals surface area contributed by atoms with Crippen molar-refractivity contribution in [2.75, 3.05) is 10.6 Å². The first-order valence-corrected chi connectivity index (χ1v) is 11.6. The number of pyridine rings is 1. The van der Waals surface area contributed by atoms with Gasteiger partial charge >= 0.3 is 0 Å². The monoisotopic (exact) mass is 500 g/mol. The molecule has 2 aromatic heterocycles. The molecule has 1 aliphatic carbocycles. The molecule has 8 nitrogen and oxygen atoms in total. The van der Waals surface area contributed by atoms with Gasteiger partial charge in [0.1, 0.15) is 6.04 Å². The SMILES string of the molecule is Cc1cc(Nc2cccc(C(=O)N[C@@H](C[C@H]3CCC(F)(F)C3)C(=O)Nc3cnn(C)c3)c2)c(F)cn1. The van der Waals surface area contributed by atoms with Gasteiger partial charge in [-0.25, -0.2) is 13.2 Å². The van der Waals surface area contributed by atoms with Crippen LogP contribution in [-0.2, 0) is 11.8 Å². The average Bonchev–Trinajstić information content (AvgIpc) is 3.39. The van der Waals surface area contributed by atoms with Crippen LogP contribution in [0.5, 0.6) is 0 Å². The molecule has 36 heavy (non-hydrogen) atoms. The summed E-state index contributed by atoms with van der Waals surface area (Å²) in [5, 5.41) is 12.3. The first-order valence-electron chi connectivity index (χ1n) is 11.6. The number of rotatable bonds is 8. The Morgan fingerprint density at radius 3 is 2.72 bits per heavy atom. The van der Waals surface area contributed by atoms with Gasteiger partial charge in [-0.05, 0) is 49.9 Å². The fourth-order valence-electron chi connectivity index (χ4n) is 4.30. The number of carbonyl (C=O) groups excluding carboxylic acids is 2. The Bertz CT molecular complexity index is 1260. The third-order valence-corrected chi connectivity index (χ3v) is 6.06. The van der Waals surface area contributed by atoms with Crippen molar-refractivity contribution in [3.63, 3.8) is 0 Å². The third-order valence-electron chi connectivity index (χ3n) is 6.06. The Labute approximate surface area is 206 Å². The number of carbonyl (C=O) groups is 2. The molecule has 11 heteroatoms. The van der Waals surface area contributed by atoms with Crippen molar-refractivity contribution in [1.82, 2.24) is 20.1 Å². The van der Waals surface area contributed by atoms with Crippen LogP contribution in [-0.4, -0.2) is 38.5 Å². The molecule has 3 aromatic rings. The number of amides is 2. The van der Waals surface area contributed by atoms with E-state index >= 15 is 0 Å². The normalized spacial score (nSPS) is 17.4. The van der Waals surface area contributed by atoms with E-state index < -0.39 is 35.5 Å². The van der Waals surface area contributed by atoms with E-state index in [9.17, 15) is 22.8 Å². The van der Waals surface area contributed by atoms with E-state index in [1.807, 2.05) is 0 Å². The number of alkyl halides is 2. The summed E-state index contributed by atoms with van der Waals surface area (Å²) in [4.78, 5) is 30.0. The molecule has 4 rings (SSSR count). The van der Waals surface area contributed by atoms with Crippen LogP contribution in [0.3, 0.4) is 0 Å². The van der Waals surface area contributed by atoms with Crippen LogP contribution in [0.25, 0.3) is 0 Å². The second kappa shape index (κ2) is 10.4. The zero-order chi connectivity index (χ0) is 25.9. The van der Waals surface area contributed by atoms with Crippen molar-refractivity contribution in [1.29, 1.82) is 0 Å². The smallest absolute Gasteiger partial charge is 0.252 e. The van der Waals surface area contributed by atoms with Gasteiger partial charge in [-0.3, -0.25) is 19.3 Å². The molecule has 0 spiro atoms. The van der Waals surface area contributed by atoms with Crippen molar-refractivity contribution >= 4 is 28.9 Å². The standard InChI is InChI=1S/C25H27F3N6O2/c1-15-8-21(20(26)13-29-15)31-18-5-3-4-17(10-18)23(35)33-22(9-16-6-7-25(27,28)11-16)24(36)32-19-12-30-34(2)14-19/h3-5,8,10,12-14,16,22H,6-7,9,11H2,1-2H3,(H,29,31)(H,32,36)(H,33,35)/t16-,22+/m1/s1. The van der Waals surface area contributed by atoms with Gasteiger partial charge in [0.15, 0.2) is 5.82 Å². The van der Waals surface area contributed by atoms with E-state index in [1.165, 1.54) is 23.0 Å². The summed E-state index contributed by atoms with van der Waals surface area (Å²) in [5.41, 5.74) is 1.93. The maximum absolute atomic E-state index is 14.1. The van der Waals surface area contributed by atoms with E-state index in [0.717, 1.165) is 6.20 Å². The zero-order valence-electron chi connectivity index (χ0n) is 19.9. The number of halogens is 3. The number of hydrogen-bond donors (Lipinski definition) is 3. The number of benzene rings is 1. The lowest BCUT2D eigenvalue weighted by Gasteiger charge is -2.21. The van der Waals surface area contributed by atoms with Crippen molar-refractivity contribution in [2.45, 2.75) is 44.6 Å². The van der Waals surface area contributed by atoms with E-state index in [-0.39, 0.29) is 36.9 Å². The fraction of sp³-hybridized carbons (Fsp3) is 0.360. The average molecular weight is 501 g/mol. The highest BCUT2D eigenvalue weighted by Gasteiger charge is 2.41. The highest BCUT2D eigenvalue weighted by atomic mass is 19.3. The Morgan fingerprint density at radius 2 is 2.03 bits per heavy atom. The molecule has 1 aliphatic rings. The number of nitrogens with one attached hydrogen (secondary N) is 3. The number of aromatic nitrogens is 3. The van der Waals surface area contributed by atoms with Crippen LogP contribution in [0.1, 0.15) is 41.7 Å². The number of anilines is 3. The van der Waals surface area contributed by atoms with Gasteiger partial charge in [-0.1, -0.05) is 6.07 Å². The molecule has 2 atom stereocenters. The predicted molar refractivity (Wildman–Crippen MR) is 129 cm³/mol. The second-order valence-corrected chi connectivity index (χ2v) is 9.13. The highest BCUT2D eigenvalue weighted by molar-refractivity contribution is 6.01. The highest BCUT2D eigenvalue weighted by Crippen LogP contribution is 2.40. The lowest BCUT2D eigenvalue weighted by atomic mass is 9.97. The first-order chi connectivity index (χ1) is 17.1. The molecule has 1 fully saturated rings. The van der Waals surface area contributed by atoms with Gasteiger partial charge in [0.2, 0.25) is 11.8 Å². The van der Waals surface area contributed by atoms with Crippen LogP contribution in [0.15, 0.2) is 48.9 Å². The molecular weight excluding hydrogens is 473 g/mol. The molecule has 1 saturated carbocycles. The number of hydrogen-bond acceptors (Lipinski definition) is 5. The lowest BCUT2D eigenvalue weighted by Crippen LogP contribution is -2.44. The minimum absolute atomic E-state index is 0.0763. The Hall–Kier alpha value is -3.89. The largest absolute Gasteiger partial charge is 0.353 e. The minimum atomic E-state index is -2.76. The molecule has 0 saturated heterocycles. The summed E-state index contributed by atoms with van der Waals surface area (Å²) < 4.78 is 43.1. The van der Waals surface area contributed by atoms with Crippen molar-refractivity contribution in [3.8, 4) is 0 Å². The van der Waals surface area contributed by atoms with Crippen molar-refractivity contribution < 1.29 is 22.8 Å². The molecule has 2 heterocycles. The summed E-state index contributed by atoms with van der Waals surface area (Å²) in [5.74, 6) is -4.79. The molecule has 0 unspecified atom stereocenters. The maximum Gasteiger partial charge on any atom is 0.252 e. The van der Waals surface area contributed by atoms with Crippen LogP contribution >= 0.6 is 0 Å². The minimum Gasteiger partial charge on any atom is -0.353 e. The third kappa shape index (κ3) is 6.41. The molecule has 3 N–H and O–H groups in total. The molecule has 0 radical (unpaired) electrons. The Morgan fingerprint density at radius 1 is 1.22 bits per heavy atom.